The molecule has 0 aromatic heterocycles. The smallest absolute Gasteiger partial charge is 0.234 e. The van der Waals surface area contributed by atoms with Crippen LogP contribution in [0.2, 0.25) is 0 Å². The molecular weight excluding hydrogens is 602 g/mol. The summed E-state index contributed by atoms with van der Waals surface area (Å²) in [6.07, 6.45) is 8.09. The lowest BCUT2D eigenvalue weighted by molar-refractivity contribution is -0.145. The number of phenols is 1. The van der Waals surface area contributed by atoms with Gasteiger partial charge in [0.25, 0.3) is 0 Å². The number of carbonyl (C=O) groups is 4. The number of hydrogen-bond donors (Lipinski definition) is 1. The summed E-state index contributed by atoms with van der Waals surface area (Å²) < 4.78 is 5.35. The summed E-state index contributed by atoms with van der Waals surface area (Å²) in [5, 5.41) is 10.2. The first kappa shape index (κ1) is 31.6. The Hall–Kier alpha value is -5.04. The number of carbonyl (C=O) groups excluding carboxylic acids is 4. The second-order valence-corrected chi connectivity index (χ2v) is 14.3. The van der Waals surface area contributed by atoms with Crippen LogP contribution in [0.1, 0.15) is 50.3 Å². The molecule has 2 fully saturated rings. The molecule has 3 aliphatic carbocycles. The van der Waals surface area contributed by atoms with Gasteiger partial charge in [0, 0.05) is 22.9 Å². The normalized spacial score (nSPS) is 28.5. The van der Waals surface area contributed by atoms with Crippen LogP contribution < -0.4 is 4.74 Å². The number of amides is 2. The lowest BCUT2D eigenvalue weighted by Crippen LogP contribution is -2.59. The highest BCUT2D eigenvalue weighted by Gasteiger charge is 2.65. The van der Waals surface area contributed by atoms with Crippen molar-refractivity contribution in [3.8, 4) is 11.5 Å². The van der Waals surface area contributed by atoms with Crippen LogP contribution in [0, 0.1) is 29.6 Å². The number of aromatic hydroxyl groups is 1. The number of hydrogen-bond acceptors (Lipinski definition) is 6. The number of ketones is 2. The van der Waals surface area contributed by atoms with Crippen LogP contribution in [0.4, 0.5) is 0 Å². The largest absolute Gasteiger partial charge is 0.504 e. The lowest BCUT2D eigenvalue weighted by Gasteiger charge is -2.54. The number of nitrogens with zero attached hydrogens (tertiary/aromatic N) is 1. The van der Waals surface area contributed by atoms with Gasteiger partial charge in [0.05, 0.1) is 24.4 Å². The molecule has 3 aromatic rings. The molecule has 244 valence electrons. The first-order valence-corrected chi connectivity index (χ1v) is 16.5. The number of allylic oxidation sites excluding steroid dienone is 5. The Labute approximate surface area is 280 Å². The van der Waals surface area contributed by atoms with Crippen LogP contribution in [-0.4, -0.2) is 46.0 Å². The molecule has 0 radical (unpaired) electrons. The van der Waals surface area contributed by atoms with Gasteiger partial charge in [-0.25, -0.2) is 0 Å². The third-order valence-electron chi connectivity index (χ3n) is 10.8. The number of imide groups is 1. The van der Waals surface area contributed by atoms with Gasteiger partial charge < -0.3 is 9.84 Å². The van der Waals surface area contributed by atoms with Crippen molar-refractivity contribution in [3.05, 3.63) is 119 Å². The van der Waals surface area contributed by atoms with Crippen molar-refractivity contribution in [2.24, 2.45) is 29.6 Å². The van der Waals surface area contributed by atoms with Crippen molar-refractivity contribution in [3.63, 3.8) is 0 Å². The molecule has 1 heterocycles. The molecule has 7 heteroatoms. The van der Waals surface area contributed by atoms with E-state index in [0.717, 1.165) is 16.7 Å². The summed E-state index contributed by atoms with van der Waals surface area (Å²) in [7, 11) is 1.48. The molecular formula is C41H39NO6. The van der Waals surface area contributed by atoms with Crippen LogP contribution in [0.5, 0.6) is 11.5 Å². The highest BCUT2D eigenvalue weighted by molar-refractivity contribution is 6.31. The van der Waals surface area contributed by atoms with Crippen molar-refractivity contribution in [2.45, 2.75) is 44.6 Å². The summed E-state index contributed by atoms with van der Waals surface area (Å²) in [6, 6.07) is 23.8. The lowest BCUT2D eigenvalue weighted by atomic mass is 9.45. The monoisotopic (exact) mass is 641 g/mol. The zero-order valence-corrected chi connectivity index (χ0v) is 27.6. The van der Waals surface area contributed by atoms with E-state index in [1.54, 1.807) is 18.2 Å². The van der Waals surface area contributed by atoms with Gasteiger partial charge in [-0.1, -0.05) is 90.5 Å². The average molecular weight is 642 g/mol. The molecule has 48 heavy (non-hydrogen) atoms. The third-order valence-corrected chi connectivity index (χ3v) is 10.8. The summed E-state index contributed by atoms with van der Waals surface area (Å²) in [6.45, 7) is 5.61. The number of rotatable bonds is 5. The zero-order valence-electron chi connectivity index (χ0n) is 27.6. The van der Waals surface area contributed by atoms with Gasteiger partial charge in [-0.05, 0) is 74.4 Å². The molecule has 0 spiro atoms. The van der Waals surface area contributed by atoms with Crippen LogP contribution in [0.25, 0.3) is 11.6 Å². The molecule has 2 amide bonds. The maximum Gasteiger partial charge on any atom is 0.234 e. The summed E-state index contributed by atoms with van der Waals surface area (Å²) >= 11 is 0. The van der Waals surface area contributed by atoms with Crippen molar-refractivity contribution in [1.29, 1.82) is 0 Å². The Morgan fingerprint density at radius 2 is 1.58 bits per heavy atom. The molecule has 1 aliphatic heterocycles. The van der Waals surface area contributed by atoms with Gasteiger partial charge in [0.1, 0.15) is 0 Å². The van der Waals surface area contributed by atoms with Crippen LogP contribution in [-0.2, 0) is 24.6 Å². The van der Waals surface area contributed by atoms with Crippen LogP contribution in [0.15, 0.2) is 103 Å². The fourth-order valence-corrected chi connectivity index (χ4v) is 8.79. The maximum atomic E-state index is 15.0. The molecule has 4 aliphatic rings. The SMILES string of the molecule is COc1cc(C=C[C@H]2C3=CC[C@@H]4C(=O)N(C(C)(C)C)C(=O)[C@@H]4[C@@H]3C[C@H]3C(=O)C(c4ccccc4)=CC(=O)[C@@]23c2ccccc2)ccc1O. The molecule has 0 bridgehead atoms. The topological polar surface area (TPSA) is 101 Å². The second kappa shape index (κ2) is 11.6. The molecule has 1 saturated carbocycles. The van der Waals surface area contributed by atoms with E-state index in [2.05, 4.69) is 6.08 Å². The summed E-state index contributed by atoms with van der Waals surface area (Å²) in [5.74, 6) is -3.30. The van der Waals surface area contributed by atoms with E-state index in [1.807, 2.05) is 93.6 Å². The van der Waals surface area contributed by atoms with Crippen LogP contribution >= 0.6 is 0 Å². The maximum absolute atomic E-state index is 15.0. The minimum absolute atomic E-state index is 0.00804. The van der Waals surface area contributed by atoms with Gasteiger partial charge in [0.2, 0.25) is 11.8 Å². The number of phenolic OH excluding ortho intramolecular Hbond substituents is 1. The van der Waals surface area contributed by atoms with Crippen molar-refractivity contribution in [1.82, 2.24) is 4.90 Å². The predicted molar refractivity (Wildman–Crippen MR) is 183 cm³/mol. The first-order chi connectivity index (χ1) is 23.0. The van der Waals surface area contributed by atoms with Gasteiger partial charge in [-0.3, -0.25) is 24.1 Å². The van der Waals surface area contributed by atoms with Crippen LogP contribution in [0.3, 0.4) is 0 Å². The van der Waals surface area contributed by atoms with E-state index in [9.17, 15) is 24.3 Å². The minimum Gasteiger partial charge on any atom is -0.504 e. The molecule has 3 aromatic carbocycles. The van der Waals surface area contributed by atoms with E-state index >= 15 is 0 Å². The van der Waals surface area contributed by atoms with Gasteiger partial charge in [-0.2, -0.15) is 0 Å². The quantitative estimate of drug-likeness (QED) is 0.250. The Balaban J connectivity index is 1.46. The number of Topliss-reactive ketones (excluding diaryl/α,β-unsaturated/α-hetero) is 1. The predicted octanol–water partition coefficient (Wildman–Crippen LogP) is 6.57. The Morgan fingerprint density at radius 1 is 0.896 bits per heavy atom. The van der Waals surface area contributed by atoms with Gasteiger partial charge >= 0.3 is 0 Å². The molecule has 7 rings (SSSR count). The molecule has 1 saturated heterocycles. The third kappa shape index (κ3) is 4.70. The Morgan fingerprint density at radius 3 is 2.25 bits per heavy atom. The fraction of sp³-hybridized carbons (Fsp3) is 0.317. The number of likely N-dealkylation sites (tertiary alicyclic amines) is 1. The molecule has 6 atom stereocenters. The van der Waals surface area contributed by atoms with Gasteiger partial charge in [-0.15, -0.1) is 0 Å². The number of benzene rings is 3. The number of fused-ring (bicyclic) bond motifs is 4. The first-order valence-electron chi connectivity index (χ1n) is 16.5. The molecule has 1 N–H and O–H groups in total. The van der Waals surface area contributed by atoms with E-state index in [4.69, 9.17) is 4.74 Å². The number of methoxy groups -OCH3 is 1. The minimum atomic E-state index is -1.28. The zero-order chi connectivity index (χ0) is 34.0. The highest BCUT2D eigenvalue weighted by Crippen LogP contribution is 2.61. The molecule has 0 unspecified atom stereocenters. The van der Waals surface area contributed by atoms with E-state index in [1.165, 1.54) is 18.1 Å². The summed E-state index contributed by atoms with van der Waals surface area (Å²) in [5.41, 5.74) is 1.46. The highest BCUT2D eigenvalue weighted by atomic mass is 16.5. The Bertz CT molecular complexity index is 1920. The van der Waals surface area contributed by atoms with E-state index < -0.39 is 40.5 Å². The van der Waals surface area contributed by atoms with Crippen molar-refractivity contribution in [2.75, 3.05) is 7.11 Å². The van der Waals surface area contributed by atoms with Crippen molar-refractivity contribution < 1.29 is 29.0 Å². The second-order valence-electron chi connectivity index (χ2n) is 14.3. The fourth-order valence-electron chi connectivity index (χ4n) is 8.79. The van der Waals surface area contributed by atoms with Crippen molar-refractivity contribution >= 4 is 35.0 Å². The standard InChI is InChI=1S/C41H39NO6/c1-40(2,3)42-38(46)28-18-17-27-30(36(28)39(42)47)22-32-37(45)29(25-11-7-5-8-12-25)23-35(44)41(32,26-13-9-6-10-14-26)31(27)19-15-24-16-20-33(43)34(21-24)48-4/h5-17,19-21,23,28,30-32,36,43H,18,22H2,1-4H3/t28-,30+,31-,32-,36-,41-/m0/s1. The van der Waals surface area contributed by atoms with Gasteiger partial charge in [0.15, 0.2) is 23.1 Å². The average Bonchev–Trinajstić information content (AvgIpc) is 3.35. The van der Waals surface area contributed by atoms with E-state index in [-0.39, 0.29) is 35.6 Å². The van der Waals surface area contributed by atoms with E-state index in [0.29, 0.717) is 23.3 Å². The Kier molecular flexibility index (Phi) is 7.61. The number of ether oxygens (including phenoxy) is 1. The molecule has 7 nitrogen and oxygen atoms in total. The summed E-state index contributed by atoms with van der Waals surface area (Å²) in [4.78, 5) is 59.3.